The van der Waals surface area contributed by atoms with Crippen molar-refractivity contribution in [3.05, 3.63) is 71.8 Å². The number of thiol groups is 1. The average Bonchev–Trinajstić information content (AvgIpc) is 2.33. The van der Waals surface area contributed by atoms with Gasteiger partial charge >= 0.3 is 0 Å². The lowest BCUT2D eigenvalue weighted by Crippen LogP contribution is -1.89. The van der Waals surface area contributed by atoms with E-state index in [1.165, 1.54) is 11.1 Å². The summed E-state index contributed by atoms with van der Waals surface area (Å²) in [5.74, 6) is 0. The van der Waals surface area contributed by atoms with Crippen molar-refractivity contribution in [3.63, 3.8) is 0 Å². The van der Waals surface area contributed by atoms with Crippen LogP contribution >= 0.6 is 12.6 Å². The van der Waals surface area contributed by atoms with E-state index in [1.54, 1.807) is 0 Å². The Hall–Kier alpha value is -1.47. The zero-order valence-electron chi connectivity index (χ0n) is 9.06. The van der Waals surface area contributed by atoms with E-state index in [-0.39, 0.29) is 0 Å². The van der Waals surface area contributed by atoms with Crippen LogP contribution in [0.3, 0.4) is 0 Å². The minimum Gasteiger partial charge on any atom is -0.143 e. The molecule has 0 aromatic heterocycles. The van der Waals surface area contributed by atoms with Gasteiger partial charge in [0.25, 0.3) is 0 Å². The molecule has 0 N–H and O–H groups in total. The van der Waals surface area contributed by atoms with Crippen molar-refractivity contribution in [2.24, 2.45) is 0 Å². The molecule has 0 radical (unpaired) electrons. The Bertz CT molecular complexity index is 483. The molecule has 2 aromatic carbocycles. The lowest BCUT2D eigenvalue weighted by Gasteiger charge is -2.05. The third kappa shape index (κ3) is 2.56. The van der Waals surface area contributed by atoms with E-state index in [0.717, 1.165) is 16.9 Å². The number of rotatable bonds is 3. The molecular weight excluding hydrogens is 212 g/mol. The molecular formula is C15H14S. The second-order valence-electron chi connectivity index (χ2n) is 3.75. The van der Waals surface area contributed by atoms with Crippen LogP contribution < -0.4 is 0 Å². The average molecular weight is 226 g/mol. The highest BCUT2D eigenvalue weighted by atomic mass is 32.1. The van der Waals surface area contributed by atoms with Gasteiger partial charge in [0.1, 0.15) is 0 Å². The maximum Gasteiger partial charge on any atom is 0.00754 e. The standard InChI is InChI=1S/C15H14S/c1-2-12-7-9-13(10-8-12)11-14-5-3-4-6-15(14)16/h2-10,16H,1,11H2. The molecule has 0 heterocycles. The molecule has 0 nitrogen and oxygen atoms in total. The van der Waals surface area contributed by atoms with Crippen LogP contribution in [0.1, 0.15) is 16.7 Å². The summed E-state index contributed by atoms with van der Waals surface area (Å²) >= 11 is 4.45. The van der Waals surface area contributed by atoms with Crippen molar-refractivity contribution in [2.75, 3.05) is 0 Å². The van der Waals surface area contributed by atoms with Gasteiger partial charge in [-0.2, -0.15) is 0 Å². The smallest absolute Gasteiger partial charge is 0.00754 e. The molecule has 0 aliphatic rings. The van der Waals surface area contributed by atoms with Crippen LogP contribution in [0.15, 0.2) is 60.0 Å². The van der Waals surface area contributed by atoms with Gasteiger partial charge in [-0.3, -0.25) is 0 Å². The molecule has 0 bridgehead atoms. The summed E-state index contributed by atoms with van der Waals surface area (Å²) in [7, 11) is 0. The predicted octanol–water partition coefficient (Wildman–Crippen LogP) is 4.21. The molecule has 0 fully saturated rings. The van der Waals surface area contributed by atoms with Gasteiger partial charge in [0.15, 0.2) is 0 Å². The van der Waals surface area contributed by atoms with Crippen LogP contribution in [0.5, 0.6) is 0 Å². The summed E-state index contributed by atoms with van der Waals surface area (Å²) in [6.45, 7) is 3.75. The first-order valence-electron chi connectivity index (χ1n) is 5.28. The van der Waals surface area contributed by atoms with E-state index in [0.29, 0.717) is 0 Å². The van der Waals surface area contributed by atoms with Crippen molar-refractivity contribution in [3.8, 4) is 0 Å². The van der Waals surface area contributed by atoms with Gasteiger partial charge in [0.2, 0.25) is 0 Å². The van der Waals surface area contributed by atoms with Gasteiger partial charge in [-0.15, -0.1) is 12.6 Å². The minimum atomic E-state index is 0.928. The normalized spacial score (nSPS) is 10.1. The van der Waals surface area contributed by atoms with Gasteiger partial charge in [0, 0.05) is 4.90 Å². The Morgan fingerprint density at radius 1 is 1.00 bits per heavy atom. The fourth-order valence-electron chi connectivity index (χ4n) is 1.65. The first-order chi connectivity index (χ1) is 7.79. The van der Waals surface area contributed by atoms with E-state index in [1.807, 2.05) is 24.3 Å². The SMILES string of the molecule is C=Cc1ccc(Cc2ccccc2S)cc1. The Kier molecular flexibility index (Phi) is 3.47. The summed E-state index contributed by atoms with van der Waals surface area (Å²) < 4.78 is 0. The summed E-state index contributed by atoms with van der Waals surface area (Å²) in [6, 6.07) is 16.6. The summed E-state index contributed by atoms with van der Waals surface area (Å²) in [5, 5.41) is 0. The largest absolute Gasteiger partial charge is 0.143 e. The molecule has 0 atom stereocenters. The topological polar surface area (TPSA) is 0 Å². The first-order valence-corrected chi connectivity index (χ1v) is 5.72. The Balaban J connectivity index is 2.21. The molecule has 16 heavy (non-hydrogen) atoms. The summed E-state index contributed by atoms with van der Waals surface area (Å²) in [5.41, 5.74) is 3.71. The van der Waals surface area contributed by atoms with Crippen LogP contribution in [-0.4, -0.2) is 0 Å². The predicted molar refractivity (Wildman–Crippen MR) is 73.0 cm³/mol. The van der Waals surface area contributed by atoms with E-state index in [2.05, 4.69) is 49.5 Å². The lowest BCUT2D eigenvalue weighted by atomic mass is 10.0. The highest BCUT2D eigenvalue weighted by molar-refractivity contribution is 7.80. The van der Waals surface area contributed by atoms with Gasteiger partial charge in [-0.25, -0.2) is 0 Å². The van der Waals surface area contributed by atoms with Crippen molar-refractivity contribution >= 4 is 18.7 Å². The van der Waals surface area contributed by atoms with Crippen molar-refractivity contribution < 1.29 is 0 Å². The molecule has 1 heteroatoms. The molecule has 0 unspecified atom stereocenters. The summed E-state index contributed by atoms with van der Waals surface area (Å²) in [4.78, 5) is 1.05. The van der Waals surface area contributed by atoms with Gasteiger partial charge in [0.05, 0.1) is 0 Å². The third-order valence-corrected chi connectivity index (χ3v) is 3.04. The van der Waals surface area contributed by atoms with E-state index >= 15 is 0 Å². The van der Waals surface area contributed by atoms with E-state index in [4.69, 9.17) is 0 Å². The fourth-order valence-corrected chi connectivity index (χ4v) is 1.89. The van der Waals surface area contributed by atoms with E-state index in [9.17, 15) is 0 Å². The van der Waals surface area contributed by atoms with Crippen LogP contribution in [0.2, 0.25) is 0 Å². The third-order valence-electron chi connectivity index (χ3n) is 2.60. The van der Waals surface area contributed by atoms with Crippen molar-refractivity contribution in [1.29, 1.82) is 0 Å². The second-order valence-corrected chi connectivity index (χ2v) is 4.23. The maximum atomic E-state index is 4.45. The molecule has 0 saturated heterocycles. The molecule has 0 aliphatic carbocycles. The van der Waals surface area contributed by atoms with E-state index < -0.39 is 0 Å². The number of hydrogen-bond donors (Lipinski definition) is 1. The highest BCUT2D eigenvalue weighted by Gasteiger charge is 1.99. The minimum absolute atomic E-state index is 0.928. The molecule has 0 aliphatic heterocycles. The highest BCUT2D eigenvalue weighted by Crippen LogP contribution is 2.17. The van der Waals surface area contributed by atoms with Gasteiger partial charge < -0.3 is 0 Å². The van der Waals surface area contributed by atoms with Crippen LogP contribution in [-0.2, 0) is 6.42 Å². The van der Waals surface area contributed by atoms with Crippen LogP contribution in [0.25, 0.3) is 6.08 Å². The summed E-state index contributed by atoms with van der Waals surface area (Å²) in [6.07, 6.45) is 2.79. The lowest BCUT2D eigenvalue weighted by molar-refractivity contribution is 1.13. The Labute approximate surface area is 102 Å². The molecule has 80 valence electrons. The zero-order valence-corrected chi connectivity index (χ0v) is 9.95. The molecule has 0 saturated carbocycles. The second kappa shape index (κ2) is 5.04. The van der Waals surface area contributed by atoms with Crippen molar-refractivity contribution in [1.82, 2.24) is 0 Å². The van der Waals surface area contributed by atoms with Crippen molar-refractivity contribution in [2.45, 2.75) is 11.3 Å². The Morgan fingerprint density at radius 3 is 2.31 bits per heavy atom. The fraction of sp³-hybridized carbons (Fsp3) is 0.0667. The quantitative estimate of drug-likeness (QED) is 0.745. The Morgan fingerprint density at radius 2 is 1.69 bits per heavy atom. The monoisotopic (exact) mass is 226 g/mol. The van der Waals surface area contributed by atoms with Crippen LogP contribution in [0.4, 0.5) is 0 Å². The number of hydrogen-bond acceptors (Lipinski definition) is 1. The molecule has 2 aromatic rings. The zero-order chi connectivity index (χ0) is 11.4. The van der Waals surface area contributed by atoms with Gasteiger partial charge in [-0.05, 0) is 29.2 Å². The first kappa shape index (κ1) is 11.0. The molecule has 0 amide bonds. The van der Waals surface area contributed by atoms with Gasteiger partial charge in [-0.1, -0.05) is 55.1 Å². The molecule has 0 spiro atoms. The molecule has 2 rings (SSSR count). The maximum absolute atomic E-state index is 4.45. The number of benzene rings is 2. The van der Waals surface area contributed by atoms with Crippen LogP contribution in [0, 0.1) is 0 Å².